The summed E-state index contributed by atoms with van der Waals surface area (Å²) in [7, 11) is 1.81. The maximum absolute atomic E-state index is 13.6. The topological polar surface area (TPSA) is 37.8 Å². The first-order chi connectivity index (χ1) is 8.20. The number of rotatable bonds is 4. The second kappa shape index (κ2) is 5.53. The fraction of sp³-hybridized carbons (Fsp3) is 0.273. The van der Waals surface area contributed by atoms with Crippen molar-refractivity contribution in [3.63, 3.8) is 0 Å². The van der Waals surface area contributed by atoms with Crippen LogP contribution in [-0.2, 0) is 6.42 Å². The number of aromatic nitrogens is 2. The molecule has 3 nitrogen and oxygen atoms in total. The summed E-state index contributed by atoms with van der Waals surface area (Å²) in [6.07, 6.45) is 2.18. The van der Waals surface area contributed by atoms with E-state index in [1.807, 2.05) is 7.05 Å². The fourth-order valence-electron chi connectivity index (χ4n) is 1.60. The van der Waals surface area contributed by atoms with E-state index in [4.69, 9.17) is 11.6 Å². The van der Waals surface area contributed by atoms with Crippen molar-refractivity contribution in [1.29, 1.82) is 0 Å². The van der Waals surface area contributed by atoms with Gasteiger partial charge < -0.3 is 5.32 Å². The maximum atomic E-state index is 13.6. The molecule has 0 bridgehead atoms. The average Bonchev–Trinajstić information content (AvgIpc) is 2.84. The summed E-state index contributed by atoms with van der Waals surface area (Å²) < 4.78 is 21.7. The lowest BCUT2D eigenvalue weighted by Gasteiger charge is -2.13. The molecule has 6 heteroatoms. The Hall–Kier alpha value is -1.04. The highest BCUT2D eigenvalue weighted by atomic mass is 35.5. The monoisotopic (exact) mass is 271 g/mol. The molecule has 90 valence electrons. The number of nitrogens with zero attached hydrogens (tertiary/aromatic N) is 2. The quantitative estimate of drug-likeness (QED) is 0.929. The molecule has 0 aliphatic carbocycles. The normalized spacial score (nSPS) is 12.6. The molecule has 1 heterocycles. The molecule has 1 N–H and O–H groups in total. The standard InChI is InChI=1S/C11H11ClFN3S/c1-14-10(11-6-15-17-16-11)5-7-4-8(12)2-3-9(7)13/h2-4,6,10,14H,5H2,1H3. The van der Waals surface area contributed by atoms with Crippen molar-refractivity contribution < 1.29 is 4.39 Å². The smallest absolute Gasteiger partial charge is 0.126 e. The average molecular weight is 272 g/mol. The van der Waals surface area contributed by atoms with Crippen LogP contribution in [0.5, 0.6) is 0 Å². The van der Waals surface area contributed by atoms with E-state index >= 15 is 0 Å². The van der Waals surface area contributed by atoms with Crippen LogP contribution >= 0.6 is 23.3 Å². The van der Waals surface area contributed by atoms with Gasteiger partial charge in [-0.3, -0.25) is 0 Å². The minimum atomic E-state index is -0.252. The number of hydrogen-bond donors (Lipinski definition) is 1. The number of halogens is 2. The second-order valence-electron chi connectivity index (χ2n) is 3.61. The number of nitrogens with one attached hydrogen (secondary N) is 1. The van der Waals surface area contributed by atoms with E-state index in [9.17, 15) is 4.39 Å². The summed E-state index contributed by atoms with van der Waals surface area (Å²) in [6, 6.07) is 4.51. The van der Waals surface area contributed by atoms with Crippen LogP contribution in [0.3, 0.4) is 0 Å². The molecule has 17 heavy (non-hydrogen) atoms. The van der Waals surface area contributed by atoms with E-state index in [1.54, 1.807) is 18.3 Å². The van der Waals surface area contributed by atoms with Gasteiger partial charge in [-0.15, -0.1) is 0 Å². The van der Waals surface area contributed by atoms with E-state index in [1.165, 1.54) is 6.07 Å². The van der Waals surface area contributed by atoms with Crippen LogP contribution in [0.4, 0.5) is 4.39 Å². The second-order valence-corrected chi connectivity index (χ2v) is 4.61. The lowest BCUT2D eigenvalue weighted by Crippen LogP contribution is -2.19. The SMILES string of the molecule is CNC(Cc1cc(Cl)ccc1F)c1cnsn1. The number of likely N-dealkylation sites (N-methyl/N-ethyl adjacent to an activating group) is 1. The van der Waals surface area contributed by atoms with Crippen LogP contribution < -0.4 is 5.32 Å². The van der Waals surface area contributed by atoms with Gasteiger partial charge in [0.25, 0.3) is 0 Å². The molecule has 2 aromatic rings. The summed E-state index contributed by atoms with van der Waals surface area (Å²) in [4.78, 5) is 0. The fourth-order valence-corrected chi connectivity index (χ4v) is 2.27. The Kier molecular flexibility index (Phi) is 4.04. The first-order valence-electron chi connectivity index (χ1n) is 5.09. The third-order valence-electron chi connectivity index (χ3n) is 2.52. The molecule has 0 saturated carbocycles. The highest BCUT2D eigenvalue weighted by Gasteiger charge is 2.15. The molecule has 1 unspecified atom stereocenters. The Morgan fingerprint density at radius 2 is 2.35 bits per heavy atom. The Morgan fingerprint density at radius 1 is 1.53 bits per heavy atom. The predicted octanol–water partition coefficient (Wildman–Crippen LogP) is 2.83. The van der Waals surface area contributed by atoms with Crippen molar-refractivity contribution in [2.24, 2.45) is 0 Å². The maximum Gasteiger partial charge on any atom is 0.126 e. The molecule has 1 atom stereocenters. The van der Waals surface area contributed by atoms with E-state index in [2.05, 4.69) is 14.1 Å². The van der Waals surface area contributed by atoms with E-state index in [0.29, 0.717) is 17.0 Å². The zero-order valence-corrected chi connectivity index (χ0v) is 10.7. The summed E-state index contributed by atoms with van der Waals surface area (Å²) in [5.41, 5.74) is 1.39. The molecular weight excluding hydrogens is 261 g/mol. The summed E-state index contributed by atoms with van der Waals surface area (Å²) >= 11 is 7.00. The van der Waals surface area contributed by atoms with Crippen LogP contribution in [0.25, 0.3) is 0 Å². The van der Waals surface area contributed by atoms with Gasteiger partial charge in [-0.25, -0.2) is 4.39 Å². The van der Waals surface area contributed by atoms with Gasteiger partial charge in [-0.1, -0.05) is 11.6 Å². The van der Waals surface area contributed by atoms with Gasteiger partial charge in [0.15, 0.2) is 0 Å². The summed E-state index contributed by atoms with van der Waals surface area (Å²) in [5.74, 6) is -0.252. The zero-order valence-electron chi connectivity index (χ0n) is 9.15. The van der Waals surface area contributed by atoms with Gasteiger partial charge in [-0.2, -0.15) is 8.75 Å². The Morgan fingerprint density at radius 3 is 3.00 bits per heavy atom. The van der Waals surface area contributed by atoms with E-state index < -0.39 is 0 Å². The van der Waals surface area contributed by atoms with Crippen molar-refractivity contribution in [1.82, 2.24) is 14.1 Å². The molecule has 0 fully saturated rings. The predicted molar refractivity (Wildman–Crippen MR) is 66.8 cm³/mol. The minimum Gasteiger partial charge on any atom is -0.311 e. The molecular formula is C11H11ClFN3S. The lowest BCUT2D eigenvalue weighted by molar-refractivity contribution is 0.547. The minimum absolute atomic E-state index is 0.0540. The number of benzene rings is 1. The van der Waals surface area contributed by atoms with Gasteiger partial charge in [0.1, 0.15) is 5.82 Å². The Labute approximate surface area is 108 Å². The van der Waals surface area contributed by atoms with Crippen molar-refractivity contribution in [2.45, 2.75) is 12.5 Å². The highest BCUT2D eigenvalue weighted by Crippen LogP contribution is 2.21. The van der Waals surface area contributed by atoms with Gasteiger partial charge in [0.2, 0.25) is 0 Å². The van der Waals surface area contributed by atoms with Gasteiger partial charge in [0.05, 0.1) is 29.7 Å². The van der Waals surface area contributed by atoms with Crippen molar-refractivity contribution in [3.05, 3.63) is 46.5 Å². The molecule has 0 aliphatic rings. The molecule has 0 spiro atoms. The van der Waals surface area contributed by atoms with Crippen LogP contribution in [0.2, 0.25) is 5.02 Å². The van der Waals surface area contributed by atoms with Gasteiger partial charge in [-0.05, 0) is 37.2 Å². The van der Waals surface area contributed by atoms with Gasteiger partial charge in [0, 0.05) is 5.02 Å². The summed E-state index contributed by atoms with van der Waals surface area (Å²) in [6.45, 7) is 0. The van der Waals surface area contributed by atoms with Crippen LogP contribution in [0.1, 0.15) is 17.3 Å². The van der Waals surface area contributed by atoms with Crippen LogP contribution in [-0.4, -0.2) is 15.8 Å². The van der Waals surface area contributed by atoms with Crippen molar-refractivity contribution in [2.75, 3.05) is 7.05 Å². The molecule has 1 aromatic heterocycles. The number of hydrogen-bond acceptors (Lipinski definition) is 4. The van der Waals surface area contributed by atoms with Gasteiger partial charge >= 0.3 is 0 Å². The largest absolute Gasteiger partial charge is 0.311 e. The molecule has 2 rings (SSSR count). The van der Waals surface area contributed by atoms with Crippen molar-refractivity contribution >= 4 is 23.3 Å². The molecule has 0 aliphatic heterocycles. The molecule has 0 radical (unpaired) electrons. The zero-order chi connectivity index (χ0) is 12.3. The van der Waals surface area contributed by atoms with Crippen molar-refractivity contribution in [3.8, 4) is 0 Å². The molecule has 0 amide bonds. The molecule has 1 aromatic carbocycles. The lowest BCUT2D eigenvalue weighted by atomic mass is 10.0. The third kappa shape index (κ3) is 3.00. The van der Waals surface area contributed by atoms with Crippen LogP contribution in [0.15, 0.2) is 24.4 Å². The third-order valence-corrected chi connectivity index (χ3v) is 3.24. The van der Waals surface area contributed by atoms with E-state index in [0.717, 1.165) is 17.4 Å². The first kappa shape index (κ1) is 12.4. The first-order valence-corrected chi connectivity index (χ1v) is 6.20. The van der Waals surface area contributed by atoms with E-state index in [-0.39, 0.29) is 11.9 Å². The summed E-state index contributed by atoms with van der Waals surface area (Å²) in [5, 5.41) is 3.63. The Balaban J connectivity index is 2.21. The molecule has 0 saturated heterocycles. The highest BCUT2D eigenvalue weighted by molar-refractivity contribution is 6.99. The Bertz CT molecular complexity index is 489. The van der Waals surface area contributed by atoms with Crippen LogP contribution in [0, 0.1) is 5.82 Å².